The van der Waals surface area contributed by atoms with Gasteiger partial charge in [0, 0.05) is 37.3 Å². The number of carbonyl (C=O) groups excluding carboxylic acids is 3. The second-order valence-electron chi connectivity index (χ2n) is 8.49. The van der Waals surface area contributed by atoms with E-state index in [-0.39, 0.29) is 23.8 Å². The van der Waals surface area contributed by atoms with Gasteiger partial charge >= 0.3 is 5.97 Å². The zero-order valence-electron chi connectivity index (χ0n) is 19.9. The van der Waals surface area contributed by atoms with Crippen LogP contribution in [0.5, 0.6) is 0 Å². The van der Waals surface area contributed by atoms with Gasteiger partial charge in [-0.2, -0.15) is 0 Å². The van der Waals surface area contributed by atoms with Crippen LogP contribution in [0.3, 0.4) is 0 Å². The quantitative estimate of drug-likeness (QED) is 0.412. The number of likely N-dealkylation sites (tertiary alicyclic amines) is 1. The molecule has 0 radical (unpaired) electrons. The molecule has 0 aromatic heterocycles. The number of nitrogens with zero attached hydrogens (tertiary/aromatic N) is 3. The molecule has 1 saturated heterocycles. The molecule has 3 aliphatic heterocycles. The number of amidine groups is 1. The van der Waals surface area contributed by atoms with Gasteiger partial charge in [-0.25, -0.2) is 14.2 Å². The van der Waals surface area contributed by atoms with Crippen LogP contribution in [-0.2, 0) is 19.1 Å². The number of fused-ring (bicyclic) bond motifs is 1. The molecule has 0 saturated carbocycles. The highest BCUT2D eigenvalue weighted by Crippen LogP contribution is 2.45. The van der Waals surface area contributed by atoms with Crippen molar-refractivity contribution in [3.05, 3.63) is 58.0 Å². The maximum atomic E-state index is 15.0. The van der Waals surface area contributed by atoms with Gasteiger partial charge in [0.15, 0.2) is 5.17 Å². The summed E-state index contributed by atoms with van der Waals surface area (Å²) >= 11 is 1.35. The fourth-order valence-corrected chi connectivity index (χ4v) is 5.51. The van der Waals surface area contributed by atoms with Gasteiger partial charge in [0.2, 0.25) is 11.8 Å². The van der Waals surface area contributed by atoms with Crippen molar-refractivity contribution in [2.75, 3.05) is 26.7 Å². The Morgan fingerprint density at radius 2 is 2.11 bits per heavy atom. The molecular formula is C25H29FN4O4S. The summed E-state index contributed by atoms with van der Waals surface area (Å²) in [4.78, 5) is 45.5. The number of nitrogens with one attached hydrogen (secondary N) is 1. The average Bonchev–Trinajstić information content (AvgIpc) is 3.46. The fourth-order valence-electron chi connectivity index (χ4n) is 4.57. The third kappa shape index (κ3) is 5.27. The van der Waals surface area contributed by atoms with Crippen molar-refractivity contribution in [3.63, 3.8) is 0 Å². The Labute approximate surface area is 208 Å². The highest BCUT2D eigenvalue weighted by molar-refractivity contribution is 8.16. The van der Waals surface area contributed by atoms with E-state index < -0.39 is 17.8 Å². The van der Waals surface area contributed by atoms with Gasteiger partial charge in [-0.15, -0.1) is 0 Å². The molecule has 3 heterocycles. The van der Waals surface area contributed by atoms with E-state index in [4.69, 9.17) is 4.74 Å². The minimum atomic E-state index is -0.790. The summed E-state index contributed by atoms with van der Waals surface area (Å²) < 4.78 is 20.0. The zero-order valence-corrected chi connectivity index (χ0v) is 20.7. The molecule has 0 aliphatic carbocycles. The minimum absolute atomic E-state index is 0.0511. The van der Waals surface area contributed by atoms with Crippen LogP contribution in [0.4, 0.5) is 4.39 Å². The first-order valence-corrected chi connectivity index (χ1v) is 12.7. The Kier molecular flexibility index (Phi) is 7.90. The van der Waals surface area contributed by atoms with Gasteiger partial charge < -0.3 is 19.9 Å². The molecule has 2 amide bonds. The van der Waals surface area contributed by atoms with Crippen molar-refractivity contribution in [2.45, 2.75) is 45.1 Å². The van der Waals surface area contributed by atoms with E-state index in [2.05, 4.69) is 10.3 Å². The maximum absolute atomic E-state index is 15.0. The molecule has 10 heteroatoms. The minimum Gasteiger partial charge on any atom is -0.466 e. The summed E-state index contributed by atoms with van der Waals surface area (Å²) in [6.45, 7) is 3.74. The molecule has 186 valence electrons. The van der Waals surface area contributed by atoms with Crippen molar-refractivity contribution in [1.29, 1.82) is 0 Å². The van der Waals surface area contributed by atoms with E-state index in [1.54, 1.807) is 23.1 Å². The van der Waals surface area contributed by atoms with Crippen molar-refractivity contribution in [2.24, 2.45) is 4.99 Å². The number of benzene rings is 1. The van der Waals surface area contributed by atoms with Gasteiger partial charge in [-0.1, -0.05) is 36.9 Å². The van der Waals surface area contributed by atoms with Crippen molar-refractivity contribution < 1.29 is 23.5 Å². The second-order valence-corrected chi connectivity index (χ2v) is 9.32. The molecule has 0 spiro atoms. The number of halogens is 1. The lowest BCUT2D eigenvalue weighted by atomic mass is 9.92. The van der Waals surface area contributed by atoms with Crippen LogP contribution in [0.1, 0.15) is 50.6 Å². The third-order valence-electron chi connectivity index (χ3n) is 6.27. The number of amides is 2. The SMILES string of the molecule is CCC1=C(C(=O)OC)[C@@H](c2ccccc2F)N2C(CC(=O)NCCCN3CCCC3=O)=CSC2=N1. The lowest BCUT2D eigenvalue weighted by molar-refractivity contribution is -0.137. The number of allylic oxidation sites excluding steroid dienone is 1. The summed E-state index contributed by atoms with van der Waals surface area (Å²) in [5.74, 6) is -1.05. The predicted octanol–water partition coefficient (Wildman–Crippen LogP) is 3.48. The number of carbonyl (C=O) groups is 3. The topological polar surface area (TPSA) is 91.3 Å². The summed E-state index contributed by atoms with van der Waals surface area (Å²) in [5, 5.41) is 5.32. The Balaban J connectivity index is 1.51. The molecule has 1 N–H and O–H groups in total. The highest BCUT2D eigenvalue weighted by atomic mass is 32.2. The Bertz CT molecular complexity index is 1120. The molecule has 1 fully saturated rings. The van der Waals surface area contributed by atoms with E-state index in [1.165, 1.54) is 24.9 Å². The highest BCUT2D eigenvalue weighted by Gasteiger charge is 2.42. The number of methoxy groups -OCH3 is 1. The Hall–Kier alpha value is -3.14. The van der Waals surface area contributed by atoms with Gasteiger partial charge in [-0.3, -0.25) is 9.59 Å². The number of hydrogen-bond acceptors (Lipinski definition) is 7. The van der Waals surface area contributed by atoms with Crippen molar-refractivity contribution in [1.82, 2.24) is 15.1 Å². The number of aliphatic imine (C=N–C) groups is 1. The standard InChI is InChI=1S/C25H29FN4O4S/c1-3-19-22(24(33)34-2)23(17-8-4-5-9-18(17)26)30-16(15-35-25(30)28-19)14-20(31)27-11-7-13-29-12-6-10-21(29)32/h4-5,8-9,15,23H,3,6-7,10-14H2,1-2H3,(H,27,31)/t23-/m1/s1. The molecule has 1 atom stereocenters. The van der Waals surface area contributed by atoms with Crippen molar-refractivity contribution in [3.8, 4) is 0 Å². The average molecular weight is 501 g/mol. The molecule has 35 heavy (non-hydrogen) atoms. The molecule has 0 bridgehead atoms. The van der Waals surface area contributed by atoms with Crippen LogP contribution in [0, 0.1) is 5.82 Å². The zero-order chi connectivity index (χ0) is 24.9. The van der Waals surface area contributed by atoms with Crippen LogP contribution < -0.4 is 5.32 Å². The smallest absolute Gasteiger partial charge is 0.338 e. The molecule has 4 rings (SSSR count). The molecule has 3 aliphatic rings. The summed E-state index contributed by atoms with van der Waals surface area (Å²) in [5.41, 5.74) is 1.76. The maximum Gasteiger partial charge on any atom is 0.338 e. The van der Waals surface area contributed by atoms with Gasteiger partial charge in [0.05, 0.1) is 30.8 Å². The number of rotatable bonds is 9. The lowest BCUT2D eigenvalue weighted by Crippen LogP contribution is -2.38. The number of hydrogen-bond donors (Lipinski definition) is 1. The van der Waals surface area contributed by atoms with Gasteiger partial charge in [0.1, 0.15) is 5.82 Å². The Morgan fingerprint density at radius 1 is 1.31 bits per heavy atom. The Morgan fingerprint density at radius 3 is 2.80 bits per heavy atom. The van der Waals surface area contributed by atoms with Gasteiger partial charge in [0.25, 0.3) is 0 Å². The summed E-state index contributed by atoms with van der Waals surface area (Å²) in [6.07, 6.45) is 2.69. The first-order chi connectivity index (χ1) is 16.9. The van der Waals surface area contributed by atoms with E-state index in [0.717, 1.165) is 13.0 Å². The van der Waals surface area contributed by atoms with E-state index in [9.17, 15) is 18.8 Å². The lowest BCUT2D eigenvalue weighted by Gasteiger charge is -2.36. The third-order valence-corrected chi connectivity index (χ3v) is 7.16. The molecular weight excluding hydrogens is 471 g/mol. The largest absolute Gasteiger partial charge is 0.466 e. The van der Waals surface area contributed by atoms with E-state index in [0.29, 0.717) is 54.5 Å². The van der Waals surface area contributed by atoms with Crippen LogP contribution in [0.15, 0.2) is 51.6 Å². The van der Waals surface area contributed by atoms with E-state index >= 15 is 0 Å². The van der Waals surface area contributed by atoms with Crippen molar-refractivity contribution >= 4 is 34.7 Å². The molecule has 0 unspecified atom stereocenters. The molecule has 1 aromatic rings. The van der Waals surface area contributed by atoms with Crippen LogP contribution >= 0.6 is 11.8 Å². The predicted molar refractivity (Wildman–Crippen MR) is 131 cm³/mol. The summed E-state index contributed by atoms with van der Waals surface area (Å²) in [6, 6.07) is 5.51. The normalized spacial score (nSPS) is 19.5. The molecule has 8 nitrogen and oxygen atoms in total. The number of thioether (sulfide) groups is 1. The van der Waals surface area contributed by atoms with Crippen LogP contribution in [0.2, 0.25) is 0 Å². The van der Waals surface area contributed by atoms with Crippen LogP contribution in [-0.4, -0.2) is 59.5 Å². The monoisotopic (exact) mass is 500 g/mol. The first-order valence-electron chi connectivity index (χ1n) is 11.8. The fraction of sp³-hybridized carbons (Fsp3) is 0.440. The van der Waals surface area contributed by atoms with E-state index in [1.807, 2.05) is 17.2 Å². The number of esters is 1. The van der Waals surface area contributed by atoms with Gasteiger partial charge in [-0.05, 0) is 30.7 Å². The molecule has 1 aromatic carbocycles. The second kappa shape index (κ2) is 11.1. The summed E-state index contributed by atoms with van der Waals surface area (Å²) in [7, 11) is 1.29. The number of ether oxygens (including phenoxy) is 1. The van der Waals surface area contributed by atoms with Crippen LogP contribution in [0.25, 0.3) is 0 Å². The first kappa shape index (κ1) is 25.0.